The van der Waals surface area contributed by atoms with Crippen LogP contribution in [-0.4, -0.2) is 85.3 Å². The third-order valence-corrected chi connectivity index (χ3v) is 6.83. The number of aliphatic hydroxyl groups is 1. The third kappa shape index (κ3) is 9.28. The maximum atomic E-state index is 13.5. The molecule has 0 aliphatic heterocycles. The number of carboxylic acid groups (broad SMARTS) is 2. The lowest BCUT2D eigenvalue weighted by Gasteiger charge is -2.25. The van der Waals surface area contributed by atoms with E-state index >= 15 is 0 Å². The van der Waals surface area contributed by atoms with Gasteiger partial charge in [-0.2, -0.15) is 0 Å². The fourth-order valence-electron chi connectivity index (χ4n) is 4.37. The van der Waals surface area contributed by atoms with Crippen LogP contribution in [-0.2, 0) is 36.8 Å². The highest BCUT2D eigenvalue weighted by Gasteiger charge is 2.32. The molecule has 5 atom stereocenters. The molecule has 14 nitrogen and oxygen atoms in total. The first-order valence-corrected chi connectivity index (χ1v) is 13.5. The molecule has 0 radical (unpaired) electrons. The zero-order valence-electron chi connectivity index (χ0n) is 23.3. The highest BCUT2D eigenvalue weighted by Crippen LogP contribution is 2.19. The summed E-state index contributed by atoms with van der Waals surface area (Å²) in [5.74, 6) is -5.28. The van der Waals surface area contributed by atoms with Gasteiger partial charge in [-0.15, -0.1) is 0 Å². The van der Waals surface area contributed by atoms with E-state index in [-0.39, 0.29) is 25.0 Å². The number of fused-ring (bicyclic) bond motifs is 1. The number of carbonyl (C=O) groups excluding carboxylic acids is 3. The minimum Gasteiger partial charge on any atom is -0.508 e. The van der Waals surface area contributed by atoms with Crippen molar-refractivity contribution in [3.05, 3.63) is 65.9 Å². The molecule has 5 unspecified atom stereocenters. The summed E-state index contributed by atoms with van der Waals surface area (Å²) in [5.41, 5.74) is 7.59. The number of benzene rings is 2. The average molecular weight is 598 g/mol. The molecule has 0 fully saturated rings. The van der Waals surface area contributed by atoms with Gasteiger partial charge in [0.15, 0.2) is 0 Å². The van der Waals surface area contributed by atoms with Crippen LogP contribution in [0, 0.1) is 0 Å². The van der Waals surface area contributed by atoms with Crippen LogP contribution in [0.15, 0.2) is 54.7 Å². The van der Waals surface area contributed by atoms with E-state index in [1.54, 1.807) is 12.3 Å². The number of phenolic OH excluding ortho intramolecular Hbond substituents is 1. The molecule has 43 heavy (non-hydrogen) atoms. The second kappa shape index (κ2) is 14.8. The Morgan fingerprint density at radius 1 is 0.837 bits per heavy atom. The number of amides is 3. The number of phenols is 1. The first kappa shape index (κ1) is 32.6. The molecule has 0 aliphatic rings. The van der Waals surface area contributed by atoms with Gasteiger partial charge in [-0.25, -0.2) is 4.79 Å². The SMILES string of the molecule is CC(O)C(N)C(=O)NC(CCC(=O)O)C(=O)NC(Cc1ccc(O)cc1)C(=O)NC(Cc1c[nH]c2ccccc12)C(=O)O. The topological polar surface area (TPSA) is 244 Å². The van der Waals surface area contributed by atoms with Gasteiger partial charge < -0.3 is 47.1 Å². The molecule has 14 heteroatoms. The van der Waals surface area contributed by atoms with Crippen molar-refractivity contribution >= 4 is 40.6 Å². The lowest BCUT2D eigenvalue weighted by atomic mass is 10.0. The summed E-state index contributed by atoms with van der Waals surface area (Å²) in [7, 11) is 0. The van der Waals surface area contributed by atoms with E-state index in [0.29, 0.717) is 11.1 Å². The summed E-state index contributed by atoms with van der Waals surface area (Å²) >= 11 is 0. The summed E-state index contributed by atoms with van der Waals surface area (Å²) < 4.78 is 0. The molecular formula is C29H35N5O9. The summed E-state index contributed by atoms with van der Waals surface area (Å²) in [6, 6.07) is 7.42. The smallest absolute Gasteiger partial charge is 0.326 e. The molecule has 0 spiro atoms. The number of aromatic amines is 1. The van der Waals surface area contributed by atoms with Gasteiger partial charge >= 0.3 is 11.9 Å². The van der Waals surface area contributed by atoms with Crippen molar-refractivity contribution in [2.75, 3.05) is 0 Å². The predicted octanol–water partition coefficient (Wildman–Crippen LogP) is -0.229. The monoisotopic (exact) mass is 597 g/mol. The highest BCUT2D eigenvalue weighted by atomic mass is 16.4. The Morgan fingerprint density at radius 3 is 2.07 bits per heavy atom. The summed E-state index contributed by atoms with van der Waals surface area (Å²) in [6.45, 7) is 1.27. The van der Waals surface area contributed by atoms with Crippen molar-refractivity contribution in [2.45, 2.75) is 62.9 Å². The number of aliphatic hydroxyl groups excluding tert-OH is 1. The molecule has 0 saturated heterocycles. The Bertz CT molecular complexity index is 1450. The molecule has 3 rings (SSSR count). The molecule has 3 amide bonds. The van der Waals surface area contributed by atoms with E-state index in [9.17, 15) is 39.3 Å². The fourth-order valence-corrected chi connectivity index (χ4v) is 4.37. The highest BCUT2D eigenvalue weighted by molar-refractivity contribution is 5.95. The number of aromatic hydroxyl groups is 1. The van der Waals surface area contributed by atoms with Gasteiger partial charge in [0.2, 0.25) is 17.7 Å². The van der Waals surface area contributed by atoms with Crippen LogP contribution in [0.2, 0.25) is 0 Å². The molecule has 3 aromatic rings. The number of aromatic nitrogens is 1. The fraction of sp³-hybridized carbons (Fsp3) is 0.345. The number of rotatable bonds is 15. The van der Waals surface area contributed by atoms with E-state index in [1.165, 1.54) is 31.2 Å². The maximum Gasteiger partial charge on any atom is 0.326 e. The van der Waals surface area contributed by atoms with Crippen molar-refractivity contribution in [2.24, 2.45) is 5.73 Å². The molecular weight excluding hydrogens is 562 g/mol. The number of aliphatic carboxylic acids is 2. The molecule has 0 bridgehead atoms. The van der Waals surface area contributed by atoms with Crippen LogP contribution in [0.4, 0.5) is 0 Å². The van der Waals surface area contributed by atoms with Crippen LogP contribution in [0.1, 0.15) is 30.9 Å². The van der Waals surface area contributed by atoms with E-state index in [1.807, 2.05) is 18.2 Å². The number of nitrogens with two attached hydrogens (primary N) is 1. The van der Waals surface area contributed by atoms with Crippen LogP contribution in [0.3, 0.4) is 0 Å². The Morgan fingerprint density at radius 2 is 1.44 bits per heavy atom. The van der Waals surface area contributed by atoms with Crippen LogP contribution >= 0.6 is 0 Å². The quantitative estimate of drug-likeness (QED) is 0.111. The van der Waals surface area contributed by atoms with Gasteiger partial charge in [0, 0.05) is 36.4 Å². The number of carbonyl (C=O) groups is 5. The molecule has 230 valence electrons. The Kier molecular flexibility index (Phi) is 11.2. The minimum atomic E-state index is -1.44. The van der Waals surface area contributed by atoms with Crippen molar-refractivity contribution in [3.63, 3.8) is 0 Å². The normalized spacial score (nSPS) is 14.6. The Labute approximate surface area is 246 Å². The zero-order valence-corrected chi connectivity index (χ0v) is 23.3. The second-order valence-corrected chi connectivity index (χ2v) is 10.2. The first-order valence-electron chi connectivity index (χ1n) is 13.5. The summed E-state index contributed by atoms with van der Waals surface area (Å²) in [5, 5.41) is 46.4. The largest absolute Gasteiger partial charge is 0.508 e. The lowest BCUT2D eigenvalue weighted by molar-refractivity contribution is -0.142. The average Bonchev–Trinajstić information content (AvgIpc) is 3.37. The molecule has 0 saturated carbocycles. The number of H-pyrrole nitrogens is 1. The van der Waals surface area contributed by atoms with Gasteiger partial charge in [0.25, 0.3) is 0 Å². The Balaban J connectivity index is 1.84. The molecule has 2 aromatic carbocycles. The van der Waals surface area contributed by atoms with Crippen LogP contribution in [0.5, 0.6) is 5.75 Å². The number of nitrogens with one attached hydrogen (secondary N) is 4. The molecule has 0 aliphatic carbocycles. The Hall–Kier alpha value is -4.95. The van der Waals surface area contributed by atoms with E-state index < -0.39 is 66.4 Å². The summed E-state index contributed by atoms with van der Waals surface area (Å²) in [4.78, 5) is 65.7. The number of carboxylic acids is 2. The molecule has 10 N–H and O–H groups in total. The van der Waals surface area contributed by atoms with Crippen LogP contribution < -0.4 is 21.7 Å². The molecule has 1 aromatic heterocycles. The lowest BCUT2D eigenvalue weighted by Crippen LogP contribution is -2.58. The van der Waals surface area contributed by atoms with Gasteiger partial charge in [0.1, 0.15) is 29.9 Å². The number of hydrogen-bond acceptors (Lipinski definition) is 8. The summed E-state index contributed by atoms with van der Waals surface area (Å²) in [6.07, 6.45) is -0.685. The van der Waals surface area contributed by atoms with Crippen LogP contribution in [0.25, 0.3) is 10.9 Å². The standard InChI is InChI=1S/C29H35N5O9/c1-15(35)25(30)28(41)32-21(10-11-24(37)38)26(39)33-22(12-16-6-8-18(36)9-7-16)27(40)34-23(29(42)43)13-17-14-31-20-5-3-2-4-19(17)20/h2-9,14-15,21-23,25,31,35-36H,10-13,30H2,1H3,(H,32,41)(H,33,39)(H,34,40)(H,37,38)(H,42,43). The van der Waals surface area contributed by atoms with Gasteiger partial charge in [-0.1, -0.05) is 30.3 Å². The van der Waals surface area contributed by atoms with E-state index in [4.69, 9.17) is 10.8 Å². The van der Waals surface area contributed by atoms with E-state index in [2.05, 4.69) is 20.9 Å². The van der Waals surface area contributed by atoms with Crippen molar-refractivity contribution in [1.82, 2.24) is 20.9 Å². The zero-order chi connectivity index (χ0) is 31.7. The minimum absolute atomic E-state index is 0.0376. The van der Waals surface area contributed by atoms with Gasteiger partial charge in [-0.05, 0) is 42.7 Å². The van der Waals surface area contributed by atoms with Gasteiger partial charge in [-0.3, -0.25) is 19.2 Å². The van der Waals surface area contributed by atoms with Crippen molar-refractivity contribution in [3.8, 4) is 5.75 Å². The maximum absolute atomic E-state index is 13.5. The van der Waals surface area contributed by atoms with Gasteiger partial charge in [0.05, 0.1) is 6.10 Å². The van der Waals surface area contributed by atoms with Crippen molar-refractivity contribution < 1.29 is 44.4 Å². The number of para-hydroxylation sites is 1. The third-order valence-electron chi connectivity index (χ3n) is 6.83. The second-order valence-electron chi connectivity index (χ2n) is 10.2. The first-order chi connectivity index (χ1) is 20.3. The van der Waals surface area contributed by atoms with Crippen molar-refractivity contribution in [1.29, 1.82) is 0 Å². The molecule has 1 heterocycles. The predicted molar refractivity (Wildman–Crippen MR) is 154 cm³/mol. The van der Waals surface area contributed by atoms with E-state index in [0.717, 1.165) is 10.9 Å². The number of hydrogen-bond donors (Lipinski definition) is 9.